The van der Waals surface area contributed by atoms with Crippen LogP contribution in [0, 0.1) is 13.8 Å². The third kappa shape index (κ3) is 4.17. The molecule has 0 saturated carbocycles. The number of carbonyl (C=O) groups is 1. The van der Waals surface area contributed by atoms with Crippen molar-refractivity contribution in [1.29, 1.82) is 0 Å². The summed E-state index contributed by atoms with van der Waals surface area (Å²) in [5, 5.41) is 13.0. The van der Waals surface area contributed by atoms with E-state index < -0.39 is 0 Å². The van der Waals surface area contributed by atoms with Crippen LogP contribution in [0.2, 0.25) is 0 Å². The molecule has 0 spiro atoms. The minimum Gasteiger partial charge on any atom is -0.355 e. The van der Waals surface area contributed by atoms with Gasteiger partial charge in [-0.05, 0) is 31.5 Å². The van der Waals surface area contributed by atoms with Crippen LogP contribution >= 0.6 is 0 Å². The normalized spacial score (nSPS) is 10.4. The van der Waals surface area contributed by atoms with Gasteiger partial charge in [0.05, 0.1) is 18.3 Å². The molecule has 2 rings (SSSR count). The average Bonchev–Trinajstić information content (AvgIpc) is 2.80. The van der Waals surface area contributed by atoms with Gasteiger partial charge in [-0.3, -0.25) is 9.78 Å². The number of hydrogen-bond donors (Lipinski definition) is 2. The van der Waals surface area contributed by atoms with Gasteiger partial charge < -0.3 is 5.32 Å². The first-order valence-corrected chi connectivity index (χ1v) is 6.19. The molecule has 0 aliphatic heterocycles. The van der Waals surface area contributed by atoms with E-state index >= 15 is 0 Å². The molecule has 2 heterocycles. The largest absolute Gasteiger partial charge is 0.355 e. The van der Waals surface area contributed by atoms with Crippen LogP contribution in [0.15, 0.2) is 18.3 Å². The molecule has 0 radical (unpaired) electrons. The summed E-state index contributed by atoms with van der Waals surface area (Å²) >= 11 is 0. The summed E-state index contributed by atoms with van der Waals surface area (Å²) in [4.78, 5) is 16.1. The zero-order chi connectivity index (χ0) is 13.7. The molecule has 1 amide bonds. The average molecular weight is 259 g/mol. The fourth-order valence-electron chi connectivity index (χ4n) is 1.95. The van der Waals surface area contributed by atoms with Gasteiger partial charge in [0, 0.05) is 24.4 Å². The fraction of sp³-hybridized carbons (Fsp3) is 0.385. The number of rotatable bonds is 5. The molecule has 0 saturated heterocycles. The van der Waals surface area contributed by atoms with Crippen LogP contribution in [0.25, 0.3) is 0 Å². The number of pyridine rings is 1. The monoisotopic (exact) mass is 259 g/mol. The maximum absolute atomic E-state index is 11.8. The van der Waals surface area contributed by atoms with Crippen LogP contribution in [0.5, 0.6) is 0 Å². The Balaban J connectivity index is 1.80. The Kier molecular flexibility index (Phi) is 4.22. The van der Waals surface area contributed by atoms with Gasteiger partial charge in [-0.15, -0.1) is 0 Å². The first-order chi connectivity index (χ1) is 9.13. The lowest BCUT2D eigenvalue weighted by atomic mass is 10.1. The summed E-state index contributed by atoms with van der Waals surface area (Å²) < 4.78 is 0. The Hall–Kier alpha value is -2.24. The zero-order valence-corrected chi connectivity index (χ0v) is 11.1. The van der Waals surface area contributed by atoms with Crippen molar-refractivity contribution in [2.24, 2.45) is 0 Å². The van der Waals surface area contributed by atoms with E-state index in [0.29, 0.717) is 19.4 Å². The van der Waals surface area contributed by atoms with E-state index in [2.05, 4.69) is 25.7 Å². The third-order valence-electron chi connectivity index (χ3n) is 2.67. The van der Waals surface area contributed by atoms with Gasteiger partial charge in [0.2, 0.25) is 5.91 Å². The molecule has 19 heavy (non-hydrogen) atoms. The molecule has 2 N–H and O–H groups in total. The fourth-order valence-corrected chi connectivity index (χ4v) is 1.95. The highest BCUT2D eigenvalue weighted by molar-refractivity contribution is 5.78. The topological polar surface area (TPSA) is 83.6 Å². The van der Waals surface area contributed by atoms with Crippen molar-refractivity contribution in [2.45, 2.75) is 26.7 Å². The molecule has 6 nitrogen and oxygen atoms in total. The predicted molar refractivity (Wildman–Crippen MR) is 70.5 cm³/mol. The van der Waals surface area contributed by atoms with E-state index in [9.17, 15) is 4.79 Å². The summed E-state index contributed by atoms with van der Waals surface area (Å²) in [5.41, 5.74) is 3.70. The summed E-state index contributed by atoms with van der Waals surface area (Å²) in [6.07, 6.45) is 2.71. The number of aryl methyl sites for hydroxylation is 2. The second-order valence-electron chi connectivity index (χ2n) is 4.50. The van der Waals surface area contributed by atoms with Crippen LogP contribution in [0.3, 0.4) is 0 Å². The molecule has 0 fully saturated rings. The van der Waals surface area contributed by atoms with E-state index in [4.69, 9.17) is 0 Å². The molecule has 0 unspecified atom stereocenters. The second-order valence-corrected chi connectivity index (χ2v) is 4.50. The Morgan fingerprint density at radius 3 is 2.68 bits per heavy atom. The van der Waals surface area contributed by atoms with E-state index in [1.165, 1.54) is 0 Å². The molecule has 100 valence electrons. The number of hydrogen-bond acceptors (Lipinski definition) is 4. The van der Waals surface area contributed by atoms with Gasteiger partial charge in [0.1, 0.15) is 0 Å². The van der Waals surface area contributed by atoms with Crippen molar-refractivity contribution in [3.63, 3.8) is 0 Å². The van der Waals surface area contributed by atoms with Crippen molar-refractivity contribution in [3.8, 4) is 0 Å². The highest BCUT2D eigenvalue weighted by Crippen LogP contribution is 2.05. The lowest BCUT2D eigenvalue weighted by Gasteiger charge is -2.05. The third-order valence-corrected chi connectivity index (χ3v) is 2.67. The number of amides is 1. The first kappa shape index (κ1) is 13.2. The lowest BCUT2D eigenvalue weighted by molar-refractivity contribution is -0.120. The van der Waals surface area contributed by atoms with Crippen molar-refractivity contribution in [1.82, 2.24) is 25.7 Å². The Morgan fingerprint density at radius 1 is 1.32 bits per heavy atom. The predicted octanol–water partition coefficient (Wildman–Crippen LogP) is 0.718. The van der Waals surface area contributed by atoms with Crippen LogP contribution < -0.4 is 5.32 Å². The SMILES string of the molecule is Cc1cc(CC(=O)NCCc2cn[nH]n2)cc(C)n1. The van der Waals surface area contributed by atoms with Gasteiger partial charge >= 0.3 is 0 Å². The Labute approximate surface area is 111 Å². The van der Waals surface area contributed by atoms with E-state index in [1.54, 1.807) is 6.20 Å². The molecule has 0 aromatic carbocycles. The van der Waals surface area contributed by atoms with Gasteiger partial charge in [-0.2, -0.15) is 15.4 Å². The number of aromatic nitrogens is 4. The maximum atomic E-state index is 11.8. The lowest BCUT2D eigenvalue weighted by Crippen LogP contribution is -2.27. The molecule has 0 aliphatic carbocycles. The summed E-state index contributed by atoms with van der Waals surface area (Å²) in [6.45, 7) is 4.42. The smallest absolute Gasteiger partial charge is 0.224 e. The molecule has 0 aliphatic rings. The Morgan fingerprint density at radius 2 is 2.05 bits per heavy atom. The Bertz CT molecular complexity index is 530. The first-order valence-electron chi connectivity index (χ1n) is 6.19. The quantitative estimate of drug-likeness (QED) is 0.828. The molecule has 2 aromatic heterocycles. The summed E-state index contributed by atoms with van der Waals surface area (Å²) in [7, 11) is 0. The zero-order valence-electron chi connectivity index (χ0n) is 11.1. The summed E-state index contributed by atoms with van der Waals surface area (Å²) in [6, 6.07) is 3.87. The van der Waals surface area contributed by atoms with Crippen LogP contribution in [-0.2, 0) is 17.6 Å². The van der Waals surface area contributed by atoms with Gasteiger partial charge in [0.15, 0.2) is 0 Å². The van der Waals surface area contributed by atoms with Gasteiger partial charge in [-0.25, -0.2) is 0 Å². The minimum absolute atomic E-state index is 0.00787. The van der Waals surface area contributed by atoms with Gasteiger partial charge in [0.25, 0.3) is 0 Å². The molecule has 0 atom stereocenters. The molecular weight excluding hydrogens is 242 g/mol. The number of H-pyrrole nitrogens is 1. The molecule has 6 heteroatoms. The van der Waals surface area contributed by atoms with Crippen LogP contribution in [0.1, 0.15) is 22.6 Å². The van der Waals surface area contributed by atoms with Crippen LogP contribution in [0.4, 0.5) is 0 Å². The van der Waals surface area contributed by atoms with E-state index in [-0.39, 0.29) is 5.91 Å². The van der Waals surface area contributed by atoms with E-state index in [1.807, 2.05) is 26.0 Å². The molecule has 2 aromatic rings. The number of carbonyl (C=O) groups excluding carboxylic acids is 1. The van der Waals surface area contributed by atoms with Crippen molar-refractivity contribution < 1.29 is 4.79 Å². The standard InChI is InChI=1S/C13H17N5O/c1-9-5-11(6-10(2)16-9)7-13(19)14-4-3-12-8-15-18-17-12/h5-6,8H,3-4,7H2,1-2H3,(H,14,19)(H,15,17,18). The number of nitrogens with one attached hydrogen (secondary N) is 2. The number of nitrogens with zero attached hydrogens (tertiary/aromatic N) is 3. The number of aromatic amines is 1. The van der Waals surface area contributed by atoms with E-state index in [0.717, 1.165) is 22.6 Å². The molecular formula is C13H17N5O. The highest BCUT2D eigenvalue weighted by Gasteiger charge is 2.05. The second kappa shape index (κ2) is 6.08. The van der Waals surface area contributed by atoms with Crippen molar-refractivity contribution in [2.75, 3.05) is 6.54 Å². The maximum Gasteiger partial charge on any atom is 0.224 e. The molecule has 0 bridgehead atoms. The van der Waals surface area contributed by atoms with Gasteiger partial charge in [-0.1, -0.05) is 0 Å². The van der Waals surface area contributed by atoms with Crippen molar-refractivity contribution >= 4 is 5.91 Å². The summed E-state index contributed by atoms with van der Waals surface area (Å²) in [5.74, 6) is 0.00787. The van der Waals surface area contributed by atoms with Crippen molar-refractivity contribution in [3.05, 3.63) is 41.0 Å². The van der Waals surface area contributed by atoms with Crippen LogP contribution in [-0.4, -0.2) is 32.8 Å². The highest BCUT2D eigenvalue weighted by atomic mass is 16.1. The minimum atomic E-state index is 0.00787.